The minimum Gasteiger partial charge on any atom is -0.387 e. The molecule has 4 heteroatoms. The maximum absolute atomic E-state index is 10.3. The third kappa shape index (κ3) is 0.959. The Morgan fingerprint density at radius 3 is 3.00 bits per heavy atom. The van der Waals surface area contributed by atoms with Crippen molar-refractivity contribution in [2.45, 2.75) is 0 Å². The zero-order valence-electron chi connectivity index (χ0n) is 4.22. The Morgan fingerprint density at radius 2 is 2.62 bits per heavy atom. The Morgan fingerprint density at radius 1 is 1.88 bits per heavy atom. The van der Waals surface area contributed by atoms with Crippen LogP contribution in [0.4, 0.5) is 4.79 Å². The molecule has 43 valence electrons. The van der Waals surface area contributed by atoms with Crippen LogP contribution in [0.2, 0.25) is 0 Å². The van der Waals surface area contributed by atoms with E-state index in [1.165, 1.54) is 0 Å². The molecule has 1 rings (SSSR count). The van der Waals surface area contributed by atoms with Crippen LogP contribution in [0.5, 0.6) is 0 Å². The summed E-state index contributed by atoms with van der Waals surface area (Å²) in [6.07, 6.45) is 1.64. The summed E-state index contributed by atoms with van der Waals surface area (Å²) in [5.41, 5.74) is 5.16. The van der Waals surface area contributed by atoms with Gasteiger partial charge in [0.1, 0.15) is 5.84 Å². The van der Waals surface area contributed by atoms with Crippen LogP contribution in [0.25, 0.3) is 0 Å². The van der Waals surface area contributed by atoms with Gasteiger partial charge in [0.25, 0.3) is 0 Å². The van der Waals surface area contributed by atoms with Crippen molar-refractivity contribution >= 4 is 11.9 Å². The van der Waals surface area contributed by atoms with Gasteiger partial charge in [0.2, 0.25) is 0 Å². The van der Waals surface area contributed by atoms with Gasteiger partial charge in [-0.05, 0) is 0 Å². The molecule has 0 aromatic carbocycles. The predicted molar refractivity (Wildman–Crippen MR) is 29.3 cm³/mol. The highest BCUT2D eigenvalue weighted by molar-refractivity contribution is 6.00. The second-order valence-corrected chi connectivity index (χ2v) is 1.43. The molecule has 1 radical (unpaired) electrons. The van der Waals surface area contributed by atoms with Crippen LogP contribution in [0.3, 0.4) is 0 Å². The second kappa shape index (κ2) is 1.81. The topological polar surface area (TPSA) is 67.5 Å². The third-order valence-corrected chi connectivity index (χ3v) is 0.795. The molecule has 0 aromatic heterocycles. The van der Waals surface area contributed by atoms with E-state index in [2.05, 4.69) is 10.3 Å². The summed E-state index contributed by atoms with van der Waals surface area (Å²) < 4.78 is 0. The summed E-state index contributed by atoms with van der Waals surface area (Å²) in [5, 5.41) is 2.45. The average Bonchev–Trinajstić information content (AvgIpc) is 1.64. The zero-order valence-corrected chi connectivity index (χ0v) is 4.22. The number of nitrogens with two attached hydrogens (primary N) is 1. The van der Waals surface area contributed by atoms with Gasteiger partial charge in [-0.3, -0.25) is 0 Å². The van der Waals surface area contributed by atoms with Gasteiger partial charge in [0.15, 0.2) is 0 Å². The van der Waals surface area contributed by atoms with Crippen LogP contribution < -0.4 is 11.1 Å². The van der Waals surface area contributed by atoms with E-state index in [4.69, 9.17) is 5.73 Å². The number of nitrogens with zero attached hydrogens (tertiary/aromatic N) is 1. The Kier molecular flexibility index (Phi) is 1.15. The molecule has 1 heterocycles. The van der Waals surface area contributed by atoms with Gasteiger partial charge in [-0.25, -0.2) is 4.79 Å². The van der Waals surface area contributed by atoms with Crippen molar-refractivity contribution in [3.8, 4) is 0 Å². The number of aliphatic imine (C=N–C) groups is 1. The van der Waals surface area contributed by atoms with Gasteiger partial charge in [-0.1, -0.05) is 0 Å². The number of hydrogen-bond donors (Lipinski definition) is 2. The summed E-state index contributed by atoms with van der Waals surface area (Å²) in [6.45, 7) is 0.494. The molecular weight excluding hydrogens is 106 g/mol. The van der Waals surface area contributed by atoms with E-state index in [1.54, 1.807) is 6.42 Å². The normalized spacial score (nSPS) is 19.5. The molecule has 0 saturated heterocycles. The van der Waals surface area contributed by atoms with E-state index in [9.17, 15) is 4.79 Å². The number of urea groups is 1. The first-order valence-electron chi connectivity index (χ1n) is 2.24. The molecule has 0 bridgehead atoms. The van der Waals surface area contributed by atoms with Crippen molar-refractivity contribution in [2.75, 3.05) is 6.54 Å². The number of amidine groups is 1. The largest absolute Gasteiger partial charge is 0.387 e. The molecular formula is C4H6N3O. The second-order valence-electron chi connectivity index (χ2n) is 1.43. The molecule has 8 heavy (non-hydrogen) atoms. The van der Waals surface area contributed by atoms with E-state index in [0.29, 0.717) is 12.4 Å². The molecule has 0 unspecified atom stereocenters. The summed E-state index contributed by atoms with van der Waals surface area (Å²) in [4.78, 5) is 13.6. The Balaban J connectivity index is 2.64. The number of nitrogens with one attached hydrogen (secondary N) is 1. The Bertz CT molecular complexity index is 140. The molecule has 2 amide bonds. The van der Waals surface area contributed by atoms with Crippen molar-refractivity contribution in [2.24, 2.45) is 10.7 Å². The standard InChI is InChI=1S/C4H6N3O/c5-3-1-2-6-4(8)7-3/h1H,2H2,(H3,5,6,7,8). The van der Waals surface area contributed by atoms with E-state index in [0.717, 1.165) is 0 Å². The highest BCUT2D eigenvalue weighted by Gasteiger charge is 2.05. The van der Waals surface area contributed by atoms with Crippen molar-refractivity contribution in [1.82, 2.24) is 5.32 Å². The lowest BCUT2D eigenvalue weighted by molar-refractivity contribution is 0.249. The van der Waals surface area contributed by atoms with Crippen LogP contribution in [0.15, 0.2) is 4.99 Å². The highest BCUT2D eigenvalue weighted by atomic mass is 16.2. The Hall–Kier alpha value is -1.06. The van der Waals surface area contributed by atoms with Crippen molar-refractivity contribution in [3.05, 3.63) is 6.42 Å². The monoisotopic (exact) mass is 112 g/mol. The minimum atomic E-state index is -0.356. The van der Waals surface area contributed by atoms with Crippen molar-refractivity contribution in [3.63, 3.8) is 0 Å². The van der Waals surface area contributed by atoms with Gasteiger partial charge in [-0.2, -0.15) is 4.99 Å². The summed E-state index contributed by atoms with van der Waals surface area (Å²) in [5.74, 6) is 0.300. The smallest absolute Gasteiger partial charge is 0.342 e. The molecule has 3 N–H and O–H groups in total. The molecule has 0 aromatic rings. The number of carbonyl (C=O) groups is 1. The maximum atomic E-state index is 10.3. The van der Waals surface area contributed by atoms with Gasteiger partial charge < -0.3 is 11.1 Å². The molecule has 1 aliphatic rings. The van der Waals surface area contributed by atoms with Crippen LogP contribution >= 0.6 is 0 Å². The SMILES string of the molecule is NC1=NC(=O)NC[CH]1. The van der Waals surface area contributed by atoms with Gasteiger partial charge in [0.05, 0.1) is 0 Å². The summed E-state index contributed by atoms with van der Waals surface area (Å²) in [6, 6.07) is -0.356. The van der Waals surface area contributed by atoms with Gasteiger partial charge in [0, 0.05) is 13.0 Å². The average molecular weight is 112 g/mol. The molecule has 0 spiro atoms. The number of carbonyl (C=O) groups excluding carboxylic acids is 1. The molecule has 0 saturated carbocycles. The maximum Gasteiger partial charge on any atom is 0.342 e. The first-order valence-corrected chi connectivity index (χ1v) is 2.24. The third-order valence-electron chi connectivity index (χ3n) is 0.795. The van der Waals surface area contributed by atoms with Crippen molar-refractivity contribution in [1.29, 1.82) is 0 Å². The predicted octanol–water partition coefficient (Wildman–Crippen LogP) is -0.729. The van der Waals surface area contributed by atoms with E-state index in [1.807, 2.05) is 0 Å². The van der Waals surface area contributed by atoms with Crippen LogP contribution in [-0.2, 0) is 0 Å². The highest BCUT2D eigenvalue weighted by Crippen LogP contribution is 1.85. The minimum absolute atomic E-state index is 0.300. The van der Waals surface area contributed by atoms with Crippen molar-refractivity contribution < 1.29 is 4.79 Å². The van der Waals surface area contributed by atoms with Crippen LogP contribution in [-0.4, -0.2) is 18.4 Å². The van der Waals surface area contributed by atoms with E-state index < -0.39 is 0 Å². The lowest BCUT2D eigenvalue weighted by Gasteiger charge is -2.06. The first-order chi connectivity index (χ1) is 3.79. The van der Waals surface area contributed by atoms with Crippen LogP contribution in [0.1, 0.15) is 0 Å². The molecule has 0 atom stereocenters. The van der Waals surface area contributed by atoms with Crippen LogP contribution in [0, 0.1) is 6.42 Å². The molecule has 0 aliphatic carbocycles. The fraction of sp³-hybridized carbons (Fsp3) is 0.250. The number of rotatable bonds is 0. The molecule has 0 fully saturated rings. The van der Waals surface area contributed by atoms with Gasteiger partial charge in [-0.15, -0.1) is 0 Å². The zero-order chi connectivity index (χ0) is 5.98. The van der Waals surface area contributed by atoms with E-state index >= 15 is 0 Å². The molecule has 4 nitrogen and oxygen atoms in total. The summed E-state index contributed by atoms with van der Waals surface area (Å²) >= 11 is 0. The lowest BCUT2D eigenvalue weighted by atomic mass is 10.4. The quantitative estimate of drug-likeness (QED) is 0.434. The molecule has 1 aliphatic heterocycles. The fourth-order valence-corrected chi connectivity index (χ4v) is 0.445. The van der Waals surface area contributed by atoms with Gasteiger partial charge >= 0.3 is 6.03 Å². The Labute approximate surface area is 46.8 Å². The fourth-order valence-electron chi connectivity index (χ4n) is 0.445. The number of amides is 2. The lowest BCUT2D eigenvalue weighted by Crippen LogP contribution is -2.33. The summed E-state index contributed by atoms with van der Waals surface area (Å²) in [7, 11) is 0. The first kappa shape index (κ1) is 5.08. The number of hydrogen-bond acceptors (Lipinski definition) is 2. The van der Waals surface area contributed by atoms with E-state index in [-0.39, 0.29) is 6.03 Å².